The monoisotopic (exact) mass is 149 g/mol. The first-order chi connectivity index (χ1) is 5.29. The second-order valence-corrected chi connectivity index (χ2v) is 3.11. The fourth-order valence-corrected chi connectivity index (χ4v) is 1.62. The van der Waals surface area contributed by atoms with Crippen LogP contribution < -0.4 is 0 Å². The predicted molar refractivity (Wildman–Crippen MR) is 42.4 cm³/mol. The van der Waals surface area contributed by atoms with Crippen molar-refractivity contribution in [3.63, 3.8) is 0 Å². The Labute approximate surface area is 65.9 Å². The second kappa shape index (κ2) is 2.31. The molecular weight excluding hydrogens is 138 g/mol. The summed E-state index contributed by atoms with van der Waals surface area (Å²) in [4.78, 5) is 4.23. The van der Waals surface area contributed by atoms with E-state index in [1.54, 1.807) is 6.20 Å². The van der Waals surface area contributed by atoms with Crippen LogP contribution in [0.3, 0.4) is 0 Å². The number of nitrogens with zero attached hydrogens (tertiary/aromatic N) is 1. The zero-order chi connectivity index (χ0) is 7.84. The van der Waals surface area contributed by atoms with Crippen molar-refractivity contribution < 1.29 is 5.11 Å². The maximum absolute atomic E-state index is 9.48. The summed E-state index contributed by atoms with van der Waals surface area (Å²) >= 11 is 0. The van der Waals surface area contributed by atoms with Crippen molar-refractivity contribution in [2.45, 2.75) is 25.4 Å². The number of rotatable bonds is 0. The molecule has 2 nitrogen and oxygen atoms in total. The molecule has 0 unspecified atom stereocenters. The summed E-state index contributed by atoms with van der Waals surface area (Å²) in [6.45, 7) is 2.02. The minimum absolute atomic E-state index is 0.214. The Balaban J connectivity index is 2.47. The van der Waals surface area contributed by atoms with Gasteiger partial charge in [-0.2, -0.15) is 0 Å². The molecule has 2 heteroatoms. The summed E-state index contributed by atoms with van der Waals surface area (Å²) in [5.74, 6) is 0.214. The van der Waals surface area contributed by atoms with Crippen molar-refractivity contribution in [2.24, 2.45) is 0 Å². The predicted octanol–water partition coefficient (Wildman–Crippen LogP) is 1.10. The molecule has 1 aliphatic rings. The molecule has 0 aliphatic heterocycles. The summed E-state index contributed by atoms with van der Waals surface area (Å²) in [7, 11) is 0. The third kappa shape index (κ3) is 0.942. The number of hydrogen-bond acceptors (Lipinski definition) is 2. The van der Waals surface area contributed by atoms with Gasteiger partial charge in [0.15, 0.2) is 0 Å². The minimum atomic E-state index is -0.222. The van der Waals surface area contributed by atoms with Crippen molar-refractivity contribution in [3.8, 4) is 0 Å². The Hall–Kier alpha value is -0.890. The van der Waals surface area contributed by atoms with E-state index in [2.05, 4.69) is 4.98 Å². The van der Waals surface area contributed by atoms with Gasteiger partial charge in [-0.25, -0.2) is 0 Å². The molecule has 0 saturated heterocycles. The smallest absolute Gasteiger partial charge is 0.0662 e. The molecule has 0 aromatic carbocycles. The number of hydrogen-bond donors (Lipinski definition) is 1. The average Bonchev–Trinajstić information content (AvgIpc) is 2.30. The number of aliphatic hydroxyl groups is 1. The maximum Gasteiger partial charge on any atom is 0.0662 e. The van der Waals surface area contributed by atoms with Crippen molar-refractivity contribution in [1.29, 1.82) is 0 Å². The van der Waals surface area contributed by atoms with Crippen molar-refractivity contribution >= 4 is 0 Å². The number of aliphatic hydroxyl groups excluding tert-OH is 1. The topological polar surface area (TPSA) is 33.1 Å². The van der Waals surface area contributed by atoms with E-state index in [-0.39, 0.29) is 12.0 Å². The lowest BCUT2D eigenvalue weighted by Gasteiger charge is -2.06. The first-order valence-electron chi connectivity index (χ1n) is 3.91. The van der Waals surface area contributed by atoms with E-state index in [9.17, 15) is 5.11 Å². The highest BCUT2D eigenvalue weighted by atomic mass is 16.3. The van der Waals surface area contributed by atoms with Gasteiger partial charge in [-0.15, -0.1) is 0 Å². The van der Waals surface area contributed by atoms with Crippen LogP contribution in [0.4, 0.5) is 0 Å². The molecule has 1 aromatic rings. The third-order valence-corrected chi connectivity index (χ3v) is 2.36. The Bertz CT molecular complexity index is 272. The summed E-state index contributed by atoms with van der Waals surface area (Å²) < 4.78 is 0. The maximum atomic E-state index is 9.48. The molecule has 1 heterocycles. The van der Waals surface area contributed by atoms with Gasteiger partial charge in [0.1, 0.15) is 0 Å². The largest absolute Gasteiger partial charge is 0.392 e. The molecule has 11 heavy (non-hydrogen) atoms. The SMILES string of the molecule is C[C@H]1c2ncccc2C[C@H]1O. The molecule has 0 amide bonds. The van der Waals surface area contributed by atoms with Crippen LogP contribution in [0.2, 0.25) is 0 Å². The second-order valence-electron chi connectivity index (χ2n) is 3.11. The minimum Gasteiger partial charge on any atom is -0.392 e. The Kier molecular flexibility index (Phi) is 1.43. The molecule has 1 N–H and O–H groups in total. The van der Waals surface area contributed by atoms with Crippen LogP contribution in [-0.4, -0.2) is 16.2 Å². The summed E-state index contributed by atoms with van der Waals surface area (Å²) in [6.07, 6.45) is 2.33. The van der Waals surface area contributed by atoms with E-state index in [0.717, 1.165) is 12.1 Å². The van der Waals surface area contributed by atoms with Crippen molar-refractivity contribution in [2.75, 3.05) is 0 Å². The fourth-order valence-electron chi connectivity index (χ4n) is 1.62. The van der Waals surface area contributed by atoms with Gasteiger partial charge >= 0.3 is 0 Å². The Morgan fingerprint density at radius 2 is 2.45 bits per heavy atom. The van der Waals surface area contributed by atoms with E-state index >= 15 is 0 Å². The molecule has 0 spiro atoms. The first-order valence-corrected chi connectivity index (χ1v) is 3.91. The molecule has 0 fully saturated rings. The van der Waals surface area contributed by atoms with Crippen molar-refractivity contribution in [3.05, 3.63) is 29.6 Å². The number of aromatic nitrogens is 1. The molecule has 1 aromatic heterocycles. The van der Waals surface area contributed by atoms with Crippen molar-refractivity contribution in [1.82, 2.24) is 4.98 Å². The Morgan fingerprint density at radius 1 is 1.64 bits per heavy atom. The van der Waals surface area contributed by atoms with Gasteiger partial charge in [-0.3, -0.25) is 4.98 Å². The molecule has 2 rings (SSSR count). The zero-order valence-electron chi connectivity index (χ0n) is 6.49. The van der Waals surface area contributed by atoms with Crippen LogP contribution >= 0.6 is 0 Å². The number of fused-ring (bicyclic) bond motifs is 1. The van der Waals surface area contributed by atoms with Crippen LogP contribution in [0.15, 0.2) is 18.3 Å². The molecular formula is C9H11NO. The van der Waals surface area contributed by atoms with Crippen LogP contribution in [0.1, 0.15) is 24.1 Å². The van der Waals surface area contributed by atoms with Gasteiger partial charge in [0.2, 0.25) is 0 Å². The van der Waals surface area contributed by atoms with E-state index < -0.39 is 0 Å². The van der Waals surface area contributed by atoms with Gasteiger partial charge in [0.05, 0.1) is 6.10 Å². The quantitative estimate of drug-likeness (QED) is 0.599. The Morgan fingerprint density at radius 3 is 3.18 bits per heavy atom. The molecule has 0 bridgehead atoms. The van der Waals surface area contributed by atoms with Gasteiger partial charge in [0.25, 0.3) is 0 Å². The number of pyridine rings is 1. The third-order valence-electron chi connectivity index (χ3n) is 2.36. The standard InChI is InChI=1S/C9H11NO/c1-6-8(11)5-7-3-2-4-10-9(6)7/h2-4,6,8,11H,5H2,1H3/t6-,8-/m1/s1. The molecule has 58 valence electrons. The van der Waals surface area contributed by atoms with Crippen LogP contribution in [0.5, 0.6) is 0 Å². The molecule has 0 radical (unpaired) electrons. The lowest BCUT2D eigenvalue weighted by molar-refractivity contribution is 0.162. The van der Waals surface area contributed by atoms with E-state index in [1.165, 1.54) is 5.56 Å². The van der Waals surface area contributed by atoms with E-state index in [0.29, 0.717) is 0 Å². The summed E-state index contributed by atoms with van der Waals surface area (Å²) in [6, 6.07) is 3.96. The highest BCUT2D eigenvalue weighted by molar-refractivity contribution is 5.30. The lowest BCUT2D eigenvalue weighted by Crippen LogP contribution is -2.09. The summed E-state index contributed by atoms with van der Waals surface area (Å²) in [5, 5.41) is 9.48. The van der Waals surface area contributed by atoms with Gasteiger partial charge in [-0.05, 0) is 11.6 Å². The van der Waals surface area contributed by atoms with E-state index in [1.807, 2.05) is 19.1 Å². The van der Waals surface area contributed by atoms with Gasteiger partial charge in [-0.1, -0.05) is 13.0 Å². The molecule has 2 atom stereocenters. The highest BCUT2D eigenvalue weighted by Crippen LogP contribution is 2.30. The summed E-state index contributed by atoms with van der Waals surface area (Å²) in [5.41, 5.74) is 2.27. The van der Waals surface area contributed by atoms with Crippen LogP contribution in [-0.2, 0) is 6.42 Å². The highest BCUT2D eigenvalue weighted by Gasteiger charge is 2.27. The van der Waals surface area contributed by atoms with Gasteiger partial charge < -0.3 is 5.11 Å². The van der Waals surface area contributed by atoms with Crippen LogP contribution in [0, 0.1) is 0 Å². The lowest BCUT2D eigenvalue weighted by atomic mass is 10.1. The van der Waals surface area contributed by atoms with Gasteiger partial charge in [0, 0.05) is 24.2 Å². The molecule has 0 saturated carbocycles. The normalized spacial score (nSPS) is 28.5. The molecule has 1 aliphatic carbocycles. The van der Waals surface area contributed by atoms with E-state index in [4.69, 9.17) is 0 Å². The zero-order valence-corrected chi connectivity index (χ0v) is 6.49. The average molecular weight is 149 g/mol. The fraction of sp³-hybridized carbons (Fsp3) is 0.444. The first kappa shape index (κ1) is 6.80. The van der Waals surface area contributed by atoms with Crippen LogP contribution in [0.25, 0.3) is 0 Å².